The average Bonchev–Trinajstić information content (AvgIpc) is 2.94. The second-order valence-electron chi connectivity index (χ2n) is 5.04. The quantitative estimate of drug-likeness (QED) is 0.867. The summed E-state index contributed by atoms with van der Waals surface area (Å²) >= 11 is 0. The predicted octanol–water partition coefficient (Wildman–Crippen LogP) is 2.64. The Balaban J connectivity index is 2.00. The summed E-state index contributed by atoms with van der Waals surface area (Å²) in [6.45, 7) is 6.23. The first kappa shape index (κ1) is 11.6. The van der Waals surface area contributed by atoms with Crippen LogP contribution < -0.4 is 10.1 Å². The molecule has 0 fully saturated rings. The predicted molar refractivity (Wildman–Crippen MR) is 74.3 cm³/mol. The van der Waals surface area contributed by atoms with Crippen molar-refractivity contribution in [2.24, 2.45) is 0 Å². The summed E-state index contributed by atoms with van der Waals surface area (Å²) in [7, 11) is 0. The summed E-state index contributed by atoms with van der Waals surface area (Å²) in [6.07, 6.45) is 4.24. The maximum Gasteiger partial charge on any atom is 0.123 e. The lowest BCUT2D eigenvalue weighted by Gasteiger charge is -2.12. The Morgan fingerprint density at radius 3 is 3.17 bits per heavy atom. The molecule has 1 atom stereocenters. The van der Waals surface area contributed by atoms with Gasteiger partial charge in [0.05, 0.1) is 6.61 Å². The van der Waals surface area contributed by atoms with Gasteiger partial charge in [-0.1, -0.05) is 6.92 Å². The van der Waals surface area contributed by atoms with Gasteiger partial charge in [0.2, 0.25) is 0 Å². The van der Waals surface area contributed by atoms with E-state index in [-0.39, 0.29) is 0 Å². The largest absolute Gasteiger partial charge is 0.493 e. The van der Waals surface area contributed by atoms with Gasteiger partial charge >= 0.3 is 0 Å². The minimum Gasteiger partial charge on any atom is -0.493 e. The summed E-state index contributed by atoms with van der Waals surface area (Å²) in [5.41, 5.74) is 4.02. The van der Waals surface area contributed by atoms with Crippen LogP contribution >= 0.6 is 0 Å². The third-order valence-electron chi connectivity index (χ3n) is 3.68. The van der Waals surface area contributed by atoms with Crippen molar-refractivity contribution in [1.82, 2.24) is 10.3 Å². The first-order valence-corrected chi connectivity index (χ1v) is 6.77. The Morgan fingerprint density at radius 1 is 1.44 bits per heavy atom. The number of ether oxygens (including phenoxy) is 1. The van der Waals surface area contributed by atoms with Crippen molar-refractivity contribution in [3.05, 3.63) is 29.5 Å². The van der Waals surface area contributed by atoms with Crippen LogP contribution in [0, 0.1) is 0 Å². The molecular formula is C15H20N2O. The number of nitrogens with one attached hydrogen (secondary N) is 2. The highest BCUT2D eigenvalue weighted by atomic mass is 16.5. The number of fused-ring (bicyclic) bond motifs is 3. The van der Waals surface area contributed by atoms with Gasteiger partial charge in [-0.15, -0.1) is 0 Å². The van der Waals surface area contributed by atoms with Crippen LogP contribution in [-0.2, 0) is 12.8 Å². The fourth-order valence-electron chi connectivity index (χ4n) is 2.91. The van der Waals surface area contributed by atoms with E-state index in [9.17, 15) is 0 Å². The van der Waals surface area contributed by atoms with Gasteiger partial charge in [-0.2, -0.15) is 0 Å². The first-order valence-electron chi connectivity index (χ1n) is 6.77. The lowest BCUT2D eigenvalue weighted by atomic mass is 10.0. The number of H-pyrrole nitrogens is 1. The second-order valence-corrected chi connectivity index (χ2v) is 5.04. The van der Waals surface area contributed by atoms with Crippen LogP contribution in [0.25, 0.3) is 10.9 Å². The highest BCUT2D eigenvalue weighted by Crippen LogP contribution is 2.34. The Hall–Kier alpha value is -1.48. The molecule has 0 aliphatic carbocycles. The first-order chi connectivity index (χ1) is 8.79. The Morgan fingerprint density at radius 2 is 2.33 bits per heavy atom. The van der Waals surface area contributed by atoms with E-state index in [1.165, 1.54) is 22.0 Å². The van der Waals surface area contributed by atoms with Gasteiger partial charge < -0.3 is 15.0 Å². The third-order valence-corrected chi connectivity index (χ3v) is 3.68. The van der Waals surface area contributed by atoms with Crippen molar-refractivity contribution in [1.29, 1.82) is 0 Å². The van der Waals surface area contributed by atoms with E-state index in [0.29, 0.717) is 6.04 Å². The Kier molecular flexibility index (Phi) is 3.00. The molecule has 2 N–H and O–H groups in total. The number of benzene rings is 1. The molecule has 1 aromatic carbocycles. The van der Waals surface area contributed by atoms with Crippen LogP contribution in [-0.4, -0.2) is 24.2 Å². The normalized spacial score (nSPS) is 15.7. The standard InChI is InChI=1S/C15H20N2O/c1-3-16-10(2)8-11-9-17-13-4-5-14-12(15(11)13)6-7-18-14/h4-5,9-10,16-17H,3,6-8H2,1-2H3. The molecule has 1 aliphatic rings. The van der Waals surface area contributed by atoms with E-state index in [1.807, 2.05) is 0 Å². The average molecular weight is 244 g/mol. The summed E-state index contributed by atoms with van der Waals surface area (Å²) in [5, 5.41) is 4.86. The monoisotopic (exact) mass is 244 g/mol. The van der Waals surface area contributed by atoms with Crippen LogP contribution in [0.2, 0.25) is 0 Å². The minimum atomic E-state index is 0.507. The molecule has 0 amide bonds. The summed E-state index contributed by atoms with van der Waals surface area (Å²) in [4.78, 5) is 3.38. The van der Waals surface area contributed by atoms with Crippen molar-refractivity contribution >= 4 is 10.9 Å². The van der Waals surface area contributed by atoms with E-state index >= 15 is 0 Å². The van der Waals surface area contributed by atoms with E-state index in [1.54, 1.807) is 0 Å². The molecule has 1 aliphatic heterocycles. The van der Waals surface area contributed by atoms with E-state index < -0.39 is 0 Å². The number of aromatic nitrogens is 1. The topological polar surface area (TPSA) is 37.0 Å². The Labute approximate surface area is 108 Å². The van der Waals surface area contributed by atoms with Crippen LogP contribution in [0.3, 0.4) is 0 Å². The number of hydrogen-bond donors (Lipinski definition) is 2. The number of hydrogen-bond acceptors (Lipinski definition) is 2. The fraction of sp³-hybridized carbons (Fsp3) is 0.467. The summed E-state index contributed by atoms with van der Waals surface area (Å²) in [5.74, 6) is 1.07. The second kappa shape index (κ2) is 4.65. The SMILES string of the molecule is CCNC(C)Cc1c[nH]c2ccc3c(c12)CCO3. The van der Waals surface area contributed by atoms with Gasteiger partial charge in [-0.25, -0.2) is 0 Å². The van der Waals surface area contributed by atoms with Gasteiger partial charge in [-0.05, 0) is 37.6 Å². The number of aromatic amines is 1. The zero-order chi connectivity index (χ0) is 12.5. The van der Waals surface area contributed by atoms with E-state index in [2.05, 4.69) is 42.5 Å². The van der Waals surface area contributed by atoms with Crippen molar-refractivity contribution in [3.63, 3.8) is 0 Å². The van der Waals surface area contributed by atoms with Crippen molar-refractivity contribution in [2.45, 2.75) is 32.7 Å². The van der Waals surface area contributed by atoms with Gasteiger partial charge in [0.15, 0.2) is 0 Å². The molecule has 2 heterocycles. The lowest BCUT2D eigenvalue weighted by molar-refractivity contribution is 0.357. The molecule has 0 radical (unpaired) electrons. The van der Waals surface area contributed by atoms with Gasteiger partial charge in [0.1, 0.15) is 5.75 Å². The molecule has 3 nitrogen and oxygen atoms in total. The smallest absolute Gasteiger partial charge is 0.123 e. The molecular weight excluding hydrogens is 224 g/mol. The summed E-state index contributed by atoms with van der Waals surface area (Å²) < 4.78 is 5.65. The van der Waals surface area contributed by atoms with Crippen LogP contribution in [0.4, 0.5) is 0 Å². The molecule has 18 heavy (non-hydrogen) atoms. The van der Waals surface area contributed by atoms with Crippen molar-refractivity contribution < 1.29 is 4.74 Å². The van der Waals surface area contributed by atoms with Crippen molar-refractivity contribution in [2.75, 3.05) is 13.2 Å². The maximum atomic E-state index is 5.65. The van der Waals surface area contributed by atoms with Crippen LogP contribution in [0.5, 0.6) is 5.75 Å². The fourth-order valence-corrected chi connectivity index (χ4v) is 2.91. The minimum absolute atomic E-state index is 0.507. The molecule has 0 saturated carbocycles. The highest BCUT2D eigenvalue weighted by molar-refractivity contribution is 5.89. The zero-order valence-electron chi connectivity index (χ0n) is 11.0. The molecule has 2 aromatic rings. The van der Waals surface area contributed by atoms with E-state index in [0.717, 1.165) is 31.7 Å². The highest BCUT2D eigenvalue weighted by Gasteiger charge is 2.19. The zero-order valence-corrected chi connectivity index (χ0v) is 11.0. The van der Waals surface area contributed by atoms with Crippen LogP contribution in [0.1, 0.15) is 25.0 Å². The van der Waals surface area contributed by atoms with Crippen molar-refractivity contribution in [3.8, 4) is 5.75 Å². The molecule has 1 unspecified atom stereocenters. The summed E-state index contributed by atoms with van der Waals surface area (Å²) in [6, 6.07) is 4.71. The molecule has 3 heteroatoms. The van der Waals surface area contributed by atoms with E-state index in [4.69, 9.17) is 4.74 Å². The van der Waals surface area contributed by atoms with Gasteiger partial charge in [-0.3, -0.25) is 0 Å². The number of rotatable bonds is 4. The lowest BCUT2D eigenvalue weighted by Crippen LogP contribution is -2.27. The molecule has 3 rings (SSSR count). The molecule has 0 saturated heterocycles. The maximum absolute atomic E-state index is 5.65. The van der Waals surface area contributed by atoms with Gasteiger partial charge in [0, 0.05) is 35.1 Å². The third kappa shape index (κ3) is 1.89. The molecule has 0 spiro atoms. The molecule has 1 aromatic heterocycles. The Bertz CT molecular complexity index is 559. The molecule has 0 bridgehead atoms. The molecule has 96 valence electrons. The van der Waals surface area contributed by atoms with Gasteiger partial charge in [0.25, 0.3) is 0 Å². The number of likely N-dealkylation sites (N-methyl/N-ethyl adjacent to an activating group) is 1. The van der Waals surface area contributed by atoms with Crippen LogP contribution in [0.15, 0.2) is 18.3 Å².